The highest BCUT2D eigenvalue weighted by Gasteiger charge is 2.13. The highest BCUT2D eigenvalue weighted by Crippen LogP contribution is 2.11. The standard InChI is InChI=1S/C12H18FNOS/c1-9(12(8-15)16-2)14-7-10-3-5-11(13)6-4-10/h3-6,9,12,14-15H,7-8H2,1-2H3. The molecule has 0 aliphatic heterocycles. The Morgan fingerprint density at radius 3 is 2.50 bits per heavy atom. The Balaban J connectivity index is 2.42. The van der Waals surface area contributed by atoms with Crippen LogP contribution in [0.4, 0.5) is 4.39 Å². The lowest BCUT2D eigenvalue weighted by molar-refractivity contribution is 0.276. The second kappa shape index (κ2) is 6.89. The van der Waals surface area contributed by atoms with E-state index in [1.807, 2.05) is 13.2 Å². The average molecular weight is 243 g/mol. The minimum atomic E-state index is -0.214. The molecular weight excluding hydrogens is 225 g/mol. The van der Waals surface area contributed by atoms with Crippen LogP contribution in [0.5, 0.6) is 0 Å². The van der Waals surface area contributed by atoms with Crippen LogP contribution in [-0.2, 0) is 6.54 Å². The van der Waals surface area contributed by atoms with Crippen LogP contribution < -0.4 is 5.32 Å². The molecule has 0 aliphatic carbocycles. The zero-order valence-electron chi connectivity index (χ0n) is 9.61. The molecule has 90 valence electrons. The maximum absolute atomic E-state index is 12.7. The maximum atomic E-state index is 12.7. The number of thioether (sulfide) groups is 1. The SMILES string of the molecule is CSC(CO)C(C)NCc1ccc(F)cc1. The fourth-order valence-corrected chi connectivity index (χ4v) is 2.10. The summed E-state index contributed by atoms with van der Waals surface area (Å²) in [4.78, 5) is 0. The summed E-state index contributed by atoms with van der Waals surface area (Å²) in [5.41, 5.74) is 1.05. The lowest BCUT2D eigenvalue weighted by Gasteiger charge is -2.21. The molecule has 0 bridgehead atoms. The summed E-state index contributed by atoms with van der Waals surface area (Å²) in [6, 6.07) is 6.68. The third kappa shape index (κ3) is 4.12. The molecule has 0 saturated heterocycles. The summed E-state index contributed by atoms with van der Waals surface area (Å²) in [6.45, 7) is 2.90. The Labute approximate surface area is 100 Å². The number of aliphatic hydroxyl groups is 1. The van der Waals surface area contributed by atoms with Gasteiger partial charge in [-0.15, -0.1) is 0 Å². The summed E-state index contributed by atoms with van der Waals surface area (Å²) in [7, 11) is 0. The van der Waals surface area contributed by atoms with Crippen molar-refractivity contribution in [1.82, 2.24) is 5.32 Å². The Hall–Kier alpha value is -0.580. The predicted octanol–water partition coefficient (Wildman–Crippen LogP) is 2.03. The van der Waals surface area contributed by atoms with E-state index in [1.54, 1.807) is 23.9 Å². The molecule has 2 N–H and O–H groups in total. The molecule has 16 heavy (non-hydrogen) atoms. The Kier molecular flexibility index (Phi) is 5.80. The van der Waals surface area contributed by atoms with Crippen molar-refractivity contribution in [1.29, 1.82) is 0 Å². The fourth-order valence-electron chi connectivity index (χ4n) is 1.45. The monoisotopic (exact) mass is 243 g/mol. The van der Waals surface area contributed by atoms with Gasteiger partial charge in [-0.3, -0.25) is 0 Å². The maximum Gasteiger partial charge on any atom is 0.123 e. The topological polar surface area (TPSA) is 32.3 Å². The molecule has 1 aromatic carbocycles. The van der Waals surface area contributed by atoms with E-state index in [9.17, 15) is 4.39 Å². The summed E-state index contributed by atoms with van der Waals surface area (Å²) < 4.78 is 12.7. The first-order chi connectivity index (χ1) is 7.67. The highest BCUT2D eigenvalue weighted by atomic mass is 32.2. The molecule has 0 fully saturated rings. The molecule has 0 aromatic heterocycles. The van der Waals surface area contributed by atoms with Crippen molar-refractivity contribution in [3.05, 3.63) is 35.6 Å². The first kappa shape index (κ1) is 13.5. The van der Waals surface area contributed by atoms with Crippen molar-refractivity contribution in [2.24, 2.45) is 0 Å². The molecule has 2 atom stereocenters. The van der Waals surface area contributed by atoms with Crippen LogP contribution in [0.2, 0.25) is 0 Å². The molecule has 0 heterocycles. The normalized spacial score (nSPS) is 14.8. The van der Waals surface area contributed by atoms with Crippen LogP contribution in [0.3, 0.4) is 0 Å². The number of rotatable bonds is 6. The van der Waals surface area contributed by atoms with Crippen molar-refractivity contribution in [2.45, 2.75) is 24.8 Å². The molecule has 4 heteroatoms. The van der Waals surface area contributed by atoms with E-state index < -0.39 is 0 Å². The van der Waals surface area contributed by atoms with Gasteiger partial charge in [-0.2, -0.15) is 11.8 Å². The fraction of sp³-hybridized carbons (Fsp3) is 0.500. The lowest BCUT2D eigenvalue weighted by atomic mass is 10.2. The van der Waals surface area contributed by atoms with Gasteiger partial charge in [-0.25, -0.2) is 4.39 Å². The number of hydrogen-bond acceptors (Lipinski definition) is 3. The molecule has 1 rings (SSSR count). The largest absolute Gasteiger partial charge is 0.395 e. The van der Waals surface area contributed by atoms with Crippen LogP contribution in [0.25, 0.3) is 0 Å². The van der Waals surface area contributed by atoms with E-state index in [2.05, 4.69) is 5.32 Å². The Bertz CT molecular complexity index is 300. The van der Waals surface area contributed by atoms with E-state index >= 15 is 0 Å². The molecule has 2 nitrogen and oxygen atoms in total. The lowest BCUT2D eigenvalue weighted by Crippen LogP contribution is -2.37. The molecule has 0 radical (unpaired) electrons. The van der Waals surface area contributed by atoms with Gasteiger partial charge in [0.2, 0.25) is 0 Å². The van der Waals surface area contributed by atoms with Gasteiger partial charge >= 0.3 is 0 Å². The van der Waals surface area contributed by atoms with Crippen LogP contribution in [-0.4, -0.2) is 29.3 Å². The van der Waals surface area contributed by atoms with E-state index in [4.69, 9.17) is 5.11 Å². The summed E-state index contributed by atoms with van der Waals surface area (Å²) in [5, 5.41) is 12.6. The number of benzene rings is 1. The molecular formula is C12H18FNOS. The van der Waals surface area contributed by atoms with Crippen LogP contribution in [0.1, 0.15) is 12.5 Å². The Morgan fingerprint density at radius 1 is 1.38 bits per heavy atom. The van der Waals surface area contributed by atoms with Crippen molar-refractivity contribution in [3.8, 4) is 0 Å². The van der Waals surface area contributed by atoms with Gasteiger partial charge < -0.3 is 10.4 Å². The molecule has 0 saturated carbocycles. The second-order valence-electron chi connectivity index (χ2n) is 3.75. The van der Waals surface area contributed by atoms with Gasteiger partial charge in [-0.1, -0.05) is 12.1 Å². The minimum Gasteiger partial charge on any atom is -0.395 e. The smallest absolute Gasteiger partial charge is 0.123 e. The zero-order valence-corrected chi connectivity index (χ0v) is 10.4. The predicted molar refractivity (Wildman–Crippen MR) is 67.1 cm³/mol. The number of aliphatic hydroxyl groups excluding tert-OH is 1. The first-order valence-corrected chi connectivity index (χ1v) is 6.57. The van der Waals surface area contributed by atoms with Crippen molar-refractivity contribution in [2.75, 3.05) is 12.9 Å². The third-order valence-corrected chi connectivity index (χ3v) is 3.74. The second-order valence-corrected chi connectivity index (χ2v) is 4.83. The van der Waals surface area contributed by atoms with Gasteiger partial charge in [0, 0.05) is 17.8 Å². The first-order valence-electron chi connectivity index (χ1n) is 5.29. The molecule has 1 aromatic rings. The molecule has 0 aliphatic rings. The molecule has 0 spiro atoms. The summed E-state index contributed by atoms with van der Waals surface area (Å²) >= 11 is 1.64. The summed E-state index contributed by atoms with van der Waals surface area (Å²) in [5.74, 6) is -0.214. The van der Waals surface area contributed by atoms with Crippen LogP contribution in [0, 0.1) is 5.82 Å². The Morgan fingerprint density at radius 2 is 2.00 bits per heavy atom. The quantitative estimate of drug-likeness (QED) is 0.802. The van der Waals surface area contributed by atoms with Gasteiger partial charge in [0.15, 0.2) is 0 Å². The summed E-state index contributed by atoms with van der Waals surface area (Å²) in [6.07, 6.45) is 1.98. The minimum absolute atomic E-state index is 0.165. The van der Waals surface area contributed by atoms with Crippen molar-refractivity contribution < 1.29 is 9.50 Å². The number of halogens is 1. The van der Waals surface area contributed by atoms with Gasteiger partial charge in [0.1, 0.15) is 5.82 Å². The van der Waals surface area contributed by atoms with E-state index in [0.717, 1.165) is 5.56 Å². The third-order valence-electron chi connectivity index (χ3n) is 2.58. The van der Waals surface area contributed by atoms with Crippen molar-refractivity contribution in [3.63, 3.8) is 0 Å². The van der Waals surface area contributed by atoms with Gasteiger partial charge in [0.25, 0.3) is 0 Å². The average Bonchev–Trinajstić information content (AvgIpc) is 2.30. The number of hydrogen-bond donors (Lipinski definition) is 2. The van der Waals surface area contributed by atoms with Crippen molar-refractivity contribution >= 4 is 11.8 Å². The van der Waals surface area contributed by atoms with Crippen LogP contribution in [0.15, 0.2) is 24.3 Å². The van der Waals surface area contributed by atoms with E-state index in [0.29, 0.717) is 6.54 Å². The molecule has 2 unspecified atom stereocenters. The highest BCUT2D eigenvalue weighted by molar-refractivity contribution is 7.99. The van der Waals surface area contributed by atoms with Gasteiger partial charge in [0.05, 0.1) is 6.61 Å². The van der Waals surface area contributed by atoms with E-state index in [1.165, 1.54) is 12.1 Å². The zero-order chi connectivity index (χ0) is 12.0. The van der Waals surface area contributed by atoms with E-state index in [-0.39, 0.29) is 23.7 Å². The number of nitrogens with one attached hydrogen (secondary N) is 1. The molecule has 0 amide bonds. The van der Waals surface area contributed by atoms with Gasteiger partial charge in [-0.05, 0) is 30.9 Å². The van der Waals surface area contributed by atoms with Crippen LogP contribution >= 0.6 is 11.8 Å².